The first-order chi connectivity index (χ1) is 13.5. The Balaban J connectivity index is 1.50. The molecule has 1 unspecified atom stereocenters. The van der Waals surface area contributed by atoms with Gasteiger partial charge >= 0.3 is 11.8 Å². The number of pyridine rings is 1. The van der Waals surface area contributed by atoms with Crippen LogP contribution in [0.1, 0.15) is 43.0 Å². The third kappa shape index (κ3) is 3.92. The summed E-state index contributed by atoms with van der Waals surface area (Å²) in [7, 11) is 0. The maximum atomic E-state index is 12.9. The molecule has 2 bridgehead atoms. The summed E-state index contributed by atoms with van der Waals surface area (Å²) in [6.45, 7) is 0.469. The van der Waals surface area contributed by atoms with Crippen LogP contribution in [0.2, 0.25) is 0 Å². The van der Waals surface area contributed by atoms with Gasteiger partial charge in [-0.1, -0.05) is 36.4 Å². The summed E-state index contributed by atoms with van der Waals surface area (Å²) in [4.78, 5) is 31.8. The molecule has 146 valence electrons. The number of piperidine rings is 2. The lowest BCUT2D eigenvalue weighted by Crippen LogP contribution is -2.65. The van der Waals surface area contributed by atoms with Gasteiger partial charge < -0.3 is 16.0 Å². The van der Waals surface area contributed by atoms with E-state index < -0.39 is 11.8 Å². The molecule has 2 aromatic rings. The van der Waals surface area contributed by atoms with E-state index in [1.54, 1.807) is 11.1 Å². The third-order valence-electron chi connectivity index (χ3n) is 5.96. The molecule has 5 rings (SSSR count). The van der Waals surface area contributed by atoms with Crippen LogP contribution < -0.4 is 11.1 Å². The Bertz CT molecular complexity index is 832. The number of carbonyl (C=O) groups is 2. The summed E-state index contributed by atoms with van der Waals surface area (Å²) in [6, 6.07) is 15.2. The van der Waals surface area contributed by atoms with Gasteiger partial charge in [-0.3, -0.25) is 14.6 Å². The lowest BCUT2D eigenvalue weighted by molar-refractivity contribution is -0.151. The predicted molar refractivity (Wildman–Crippen MR) is 106 cm³/mol. The SMILES string of the molecule is NC12CCC(CC1)N(C(=O)C(=O)NC(Cc1ccccc1)c1ccccn1)C2. The molecule has 3 heterocycles. The molecule has 2 aliphatic heterocycles. The van der Waals surface area contributed by atoms with Gasteiger partial charge in [0.25, 0.3) is 0 Å². The topological polar surface area (TPSA) is 88.3 Å². The highest BCUT2D eigenvalue weighted by molar-refractivity contribution is 6.35. The minimum absolute atomic E-state index is 0.131. The number of benzene rings is 1. The van der Waals surface area contributed by atoms with Gasteiger partial charge in [-0.2, -0.15) is 0 Å². The zero-order valence-corrected chi connectivity index (χ0v) is 15.9. The second-order valence-electron chi connectivity index (χ2n) is 8.00. The number of hydrogen-bond acceptors (Lipinski definition) is 4. The lowest BCUT2D eigenvalue weighted by Gasteiger charge is -2.50. The van der Waals surface area contributed by atoms with E-state index in [9.17, 15) is 9.59 Å². The molecule has 0 spiro atoms. The van der Waals surface area contributed by atoms with Crippen LogP contribution in [-0.2, 0) is 16.0 Å². The second-order valence-corrected chi connectivity index (χ2v) is 8.00. The fourth-order valence-electron chi connectivity index (χ4n) is 4.37. The Hall–Kier alpha value is -2.73. The van der Waals surface area contributed by atoms with E-state index in [4.69, 9.17) is 5.73 Å². The molecule has 3 N–H and O–H groups in total. The van der Waals surface area contributed by atoms with Gasteiger partial charge in [-0.25, -0.2) is 0 Å². The normalized spacial score (nSPS) is 24.6. The predicted octanol–water partition coefficient (Wildman–Crippen LogP) is 1.96. The lowest BCUT2D eigenvalue weighted by atomic mass is 9.74. The van der Waals surface area contributed by atoms with E-state index in [1.165, 1.54) is 0 Å². The second kappa shape index (κ2) is 7.72. The summed E-state index contributed by atoms with van der Waals surface area (Å²) >= 11 is 0. The van der Waals surface area contributed by atoms with Crippen molar-refractivity contribution in [3.8, 4) is 0 Å². The summed E-state index contributed by atoms with van der Waals surface area (Å²) in [5, 5.41) is 2.92. The average Bonchev–Trinajstić information content (AvgIpc) is 2.74. The summed E-state index contributed by atoms with van der Waals surface area (Å²) in [5.41, 5.74) is 7.86. The zero-order valence-electron chi connectivity index (χ0n) is 15.9. The van der Waals surface area contributed by atoms with Crippen molar-refractivity contribution in [3.05, 3.63) is 66.0 Å². The minimum Gasteiger partial charge on any atom is -0.339 e. The van der Waals surface area contributed by atoms with Crippen LogP contribution in [0.3, 0.4) is 0 Å². The monoisotopic (exact) mass is 378 g/mol. The van der Waals surface area contributed by atoms with Crippen LogP contribution in [-0.4, -0.2) is 39.8 Å². The third-order valence-corrected chi connectivity index (χ3v) is 5.96. The molecular weight excluding hydrogens is 352 g/mol. The van der Waals surface area contributed by atoms with Crippen molar-refractivity contribution < 1.29 is 9.59 Å². The number of nitrogens with zero attached hydrogens (tertiary/aromatic N) is 2. The van der Waals surface area contributed by atoms with Crippen molar-refractivity contribution in [2.75, 3.05) is 6.54 Å². The van der Waals surface area contributed by atoms with Crippen molar-refractivity contribution >= 4 is 11.8 Å². The Morgan fingerprint density at radius 2 is 1.86 bits per heavy atom. The van der Waals surface area contributed by atoms with Gasteiger partial charge in [-0.05, 0) is 49.8 Å². The van der Waals surface area contributed by atoms with E-state index >= 15 is 0 Å². The summed E-state index contributed by atoms with van der Waals surface area (Å²) < 4.78 is 0. The minimum atomic E-state index is -0.581. The van der Waals surface area contributed by atoms with E-state index in [2.05, 4.69) is 10.3 Å². The molecule has 0 radical (unpaired) electrons. The Labute approximate surface area is 165 Å². The number of aromatic nitrogens is 1. The molecule has 1 atom stereocenters. The first-order valence-electron chi connectivity index (χ1n) is 9.89. The molecule has 2 amide bonds. The highest BCUT2D eigenvalue weighted by Crippen LogP contribution is 2.36. The number of nitrogens with one attached hydrogen (secondary N) is 1. The first-order valence-corrected chi connectivity index (χ1v) is 9.89. The van der Waals surface area contributed by atoms with E-state index in [0.29, 0.717) is 13.0 Å². The van der Waals surface area contributed by atoms with Crippen molar-refractivity contribution in [2.45, 2.75) is 49.7 Å². The van der Waals surface area contributed by atoms with E-state index in [0.717, 1.165) is 36.9 Å². The van der Waals surface area contributed by atoms with Crippen LogP contribution in [0.15, 0.2) is 54.7 Å². The number of carbonyl (C=O) groups excluding carboxylic acids is 2. The molecule has 1 aromatic carbocycles. The number of fused-ring (bicyclic) bond motifs is 3. The van der Waals surface area contributed by atoms with E-state index in [-0.39, 0.29) is 17.6 Å². The quantitative estimate of drug-likeness (QED) is 0.796. The molecule has 6 nitrogen and oxygen atoms in total. The molecule has 1 aliphatic carbocycles. The molecule has 3 fully saturated rings. The van der Waals surface area contributed by atoms with E-state index in [1.807, 2.05) is 48.5 Å². The standard InChI is InChI=1S/C22H26N4O2/c23-22-11-9-17(10-12-22)26(15-22)21(28)20(27)25-19(18-8-4-5-13-24-18)14-16-6-2-1-3-7-16/h1-8,13,17,19H,9-12,14-15,23H2,(H,25,27). The van der Waals surface area contributed by atoms with Crippen molar-refractivity contribution in [1.82, 2.24) is 15.2 Å². The summed E-state index contributed by atoms with van der Waals surface area (Å²) in [6.07, 6.45) is 5.87. The molecule has 3 aliphatic rings. The number of amides is 2. The molecule has 2 saturated heterocycles. The molecule has 1 saturated carbocycles. The van der Waals surface area contributed by atoms with Gasteiger partial charge in [-0.15, -0.1) is 0 Å². The van der Waals surface area contributed by atoms with Crippen LogP contribution in [0.4, 0.5) is 0 Å². The Kier molecular flexibility index (Phi) is 5.13. The van der Waals surface area contributed by atoms with Crippen molar-refractivity contribution in [3.63, 3.8) is 0 Å². The maximum Gasteiger partial charge on any atom is 0.312 e. The summed E-state index contributed by atoms with van der Waals surface area (Å²) in [5.74, 6) is -1.06. The zero-order chi connectivity index (χ0) is 19.6. The Morgan fingerprint density at radius 3 is 2.50 bits per heavy atom. The highest BCUT2D eigenvalue weighted by Gasteiger charge is 2.45. The first kappa shape index (κ1) is 18.6. The highest BCUT2D eigenvalue weighted by atomic mass is 16.2. The Morgan fingerprint density at radius 1 is 1.14 bits per heavy atom. The fourth-order valence-corrected chi connectivity index (χ4v) is 4.37. The van der Waals surface area contributed by atoms with Crippen LogP contribution >= 0.6 is 0 Å². The average molecular weight is 378 g/mol. The van der Waals surface area contributed by atoms with Gasteiger partial charge in [0.15, 0.2) is 0 Å². The van der Waals surface area contributed by atoms with Gasteiger partial charge in [0, 0.05) is 24.3 Å². The van der Waals surface area contributed by atoms with Crippen molar-refractivity contribution in [1.29, 1.82) is 0 Å². The van der Waals surface area contributed by atoms with Gasteiger partial charge in [0.1, 0.15) is 0 Å². The number of rotatable bonds is 4. The molecule has 1 aromatic heterocycles. The molecule has 6 heteroatoms. The maximum absolute atomic E-state index is 12.9. The van der Waals surface area contributed by atoms with Crippen LogP contribution in [0.25, 0.3) is 0 Å². The molecule has 28 heavy (non-hydrogen) atoms. The largest absolute Gasteiger partial charge is 0.339 e. The molecular formula is C22H26N4O2. The van der Waals surface area contributed by atoms with Crippen LogP contribution in [0.5, 0.6) is 0 Å². The van der Waals surface area contributed by atoms with Crippen LogP contribution in [0, 0.1) is 0 Å². The van der Waals surface area contributed by atoms with Crippen molar-refractivity contribution in [2.24, 2.45) is 5.73 Å². The van der Waals surface area contributed by atoms with Gasteiger partial charge in [0.05, 0.1) is 11.7 Å². The number of nitrogens with two attached hydrogens (primary N) is 1. The smallest absolute Gasteiger partial charge is 0.312 e. The number of hydrogen-bond donors (Lipinski definition) is 2. The fraction of sp³-hybridized carbons (Fsp3) is 0.409. The van der Waals surface area contributed by atoms with Gasteiger partial charge in [0.2, 0.25) is 0 Å².